The zero-order chi connectivity index (χ0) is 26.3. The summed E-state index contributed by atoms with van der Waals surface area (Å²) in [6.07, 6.45) is 3.87. The summed E-state index contributed by atoms with van der Waals surface area (Å²) in [6.45, 7) is 1.77. The van der Waals surface area contributed by atoms with E-state index in [4.69, 9.17) is 4.74 Å². The van der Waals surface area contributed by atoms with Crippen molar-refractivity contribution in [3.63, 3.8) is 0 Å². The van der Waals surface area contributed by atoms with Gasteiger partial charge in [-0.05, 0) is 67.2 Å². The van der Waals surface area contributed by atoms with Gasteiger partial charge in [-0.1, -0.05) is 48.6 Å². The molecule has 194 valence electrons. The first-order chi connectivity index (χ1) is 17.7. The molecule has 1 saturated heterocycles. The average Bonchev–Trinajstić information content (AvgIpc) is 3.72. The number of rotatable bonds is 6. The fraction of sp³-hybridized carbons (Fsp3) is 0.333. The summed E-state index contributed by atoms with van der Waals surface area (Å²) in [6, 6.07) is 10.7. The Morgan fingerprint density at radius 3 is 1.97 bits per heavy atom. The molecule has 1 saturated carbocycles. The highest BCUT2D eigenvalue weighted by molar-refractivity contribution is 5.70. The monoisotopic (exact) mass is 514 g/mol. The van der Waals surface area contributed by atoms with Gasteiger partial charge in [0.25, 0.3) is 0 Å². The van der Waals surface area contributed by atoms with Crippen molar-refractivity contribution in [3.05, 3.63) is 105 Å². The van der Waals surface area contributed by atoms with Gasteiger partial charge in [0, 0.05) is 16.7 Å². The van der Waals surface area contributed by atoms with Crippen molar-refractivity contribution < 1.29 is 31.8 Å². The lowest BCUT2D eigenvalue weighted by Gasteiger charge is -2.30. The SMILES string of the molecule is CC(O)c1ccc(C2CCC(c3ccc(/C=C/c4ccc(C5CO5)c(F)c4F)cc3F)CC2)c(F)c1F. The first-order valence-electron chi connectivity index (χ1n) is 12.5. The normalized spacial score (nSPS) is 22.4. The molecule has 37 heavy (non-hydrogen) atoms. The average molecular weight is 515 g/mol. The first kappa shape index (κ1) is 25.6. The van der Waals surface area contributed by atoms with E-state index in [0.29, 0.717) is 49.0 Å². The third-order valence-corrected chi connectivity index (χ3v) is 7.50. The van der Waals surface area contributed by atoms with E-state index in [0.717, 1.165) is 0 Å². The molecule has 1 aliphatic carbocycles. The molecule has 1 aliphatic heterocycles. The van der Waals surface area contributed by atoms with Crippen LogP contribution in [0.4, 0.5) is 22.0 Å². The summed E-state index contributed by atoms with van der Waals surface area (Å²) in [5.41, 5.74) is 1.56. The molecule has 5 rings (SSSR count). The third kappa shape index (κ3) is 5.20. The molecule has 1 N–H and O–H groups in total. The number of hydrogen-bond acceptors (Lipinski definition) is 2. The van der Waals surface area contributed by atoms with Crippen molar-refractivity contribution in [2.24, 2.45) is 0 Å². The van der Waals surface area contributed by atoms with Gasteiger partial charge >= 0.3 is 0 Å². The largest absolute Gasteiger partial charge is 0.389 e. The molecule has 1 heterocycles. The summed E-state index contributed by atoms with van der Waals surface area (Å²) in [7, 11) is 0. The predicted molar refractivity (Wildman–Crippen MR) is 131 cm³/mol. The minimum absolute atomic E-state index is 0.0531. The Bertz CT molecular complexity index is 1340. The zero-order valence-corrected chi connectivity index (χ0v) is 20.3. The van der Waals surface area contributed by atoms with Crippen LogP contribution in [-0.4, -0.2) is 11.7 Å². The van der Waals surface area contributed by atoms with Gasteiger partial charge in [0.2, 0.25) is 0 Å². The molecule has 0 aromatic heterocycles. The highest BCUT2D eigenvalue weighted by Gasteiger charge is 2.30. The maximum Gasteiger partial charge on any atom is 0.166 e. The lowest BCUT2D eigenvalue weighted by atomic mass is 9.75. The number of ether oxygens (including phenoxy) is 1. The van der Waals surface area contributed by atoms with E-state index in [2.05, 4.69) is 0 Å². The molecule has 3 aromatic rings. The van der Waals surface area contributed by atoms with Crippen molar-refractivity contribution in [1.82, 2.24) is 0 Å². The fourth-order valence-electron chi connectivity index (χ4n) is 5.28. The molecule has 0 bridgehead atoms. The molecule has 0 spiro atoms. The number of aliphatic hydroxyl groups is 1. The molecule has 2 atom stereocenters. The number of hydrogen-bond donors (Lipinski definition) is 1. The Balaban J connectivity index is 1.25. The fourth-order valence-corrected chi connectivity index (χ4v) is 5.28. The maximum absolute atomic E-state index is 15.0. The van der Waals surface area contributed by atoms with Crippen LogP contribution >= 0.6 is 0 Å². The van der Waals surface area contributed by atoms with Crippen LogP contribution in [0, 0.1) is 29.1 Å². The van der Waals surface area contributed by atoms with E-state index < -0.39 is 35.2 Å². The van der Waals surface area contributed by atoms with Gasteiger partial charge in [-0.15, -0.1) is 0 Å². The van der Waals surface area contributed by atoms with Crippen molar-refractivity contribution in [1.29, 1.82) is 0 Å². The first-order valence-corrected chi connectivity index (χ1v) is 12.5. The van der Waals surface area contributed by atoms with E-state index in [1.807, 2.05) is 0 Å². The topological polar surface area (TPSA) is 32.8 Å². The van der Waals surface area contributed by atoms with Crippen LogP contribution < -0.4 is 0 Å². The molecule has 0 radical (unpaired) electrons. The molecule has 2 unspecified atom stereocenters. The Hall–Kier alpha value is -3.03. The zero-order valence-electron chi connectivity index (χ0n) is 20.3. The Morgan fingerprint density at radius 2 is 1.35 bits per heavy atom. The standard InChI is InChI=1S/C30H27F5O2/c1-16(36)21-12-13-23(29(34)28(21)33)19-7-5-18(6-8-19)22-10-3-17(14-25(22)31)2-4-20-9-11-24(26-15-37-26)30(35)27(20)32/h2-4,9-14,16,18-19,26,36H,5-8,15H2,1H3/b4-2+. The summed E-state index contributed by atoms with van der Waals surface area (Å²) < 4.78 is 77.6. The summed E-state index contributed by atoms with van der Waals surface area (Å²) >= 11 is 0. The number of benzene rings is 3. The van der Waals surface area contributed by atoms with Crippen LogP contribution in [0.25, 0.3) is 12.2 Å². The van der Waals surface area contributed by atoms with E-state index in [1.54, 1.807) is 12.1 Å². The Kier molecular flexibility index (Phi) is 7.19. The molecule has 2 aliphatic rings. The van der Waals surface area contributed by atoms with Gasteiger partial charge in [-0.2, -0.15) is 0 Å². The van der Waals surface area contributed by atoms with Gasteiger partial charge < -0.3 is 9.84 Å². The highest BCUT2D eigenvalue weighted by Crippen LogP contribution is 2.42. The van der Waals surface area contributed by atoms with E-state index in [9.17, 15) is 27.1 Å². The molecule has 2 nitrogen and oxygen atoms in total. The van der Waals surface area contributed by atoms with Gasteiger partial charge in [0.1, 0.15) is 11.9 Å². The number of epoxide rings is 1. The molecule has 0 amide bonds. The molecule has 2 fully saturated rings. The molecule has 3 aromatic carbocycles. The Morgan fingerprint density at radius 1 is 0.757 bits per heavy atom. The van der Waals surface area contributed by atoms with Gasteiger partial charge in [-0.3, -0.25) is 0 Å². The maximum atomic E-state index is 15.0. The second-order valence-corrected chi connectivity index (χ2v) is 9.90. The molecule has 7 heteroatoms. The highest BCUT2D eigenvalue weighted by atomic mass is 19.2. The van der Waals surface area contributed by atoms with Crippen molar-refractivity contribution >= 4 is 12.2 Å². The predicted octanol–water partition coefficient (Wildman–Crippen LogP) is 8.12. The van der Waals surface area contributed by atoms with Crippen LogP contribution in [0.2, 0.25) is 0 Å². The van der Waals surface area contributed by atoms with Gasteiger partial charge in [0.15, 0.2) is 23.3 Å². The lowest BCUT2D eigenvalue weighted by Crippen LogP contribution is -2.15. The van der Waals surface area contributed by atoms with Crippen molar-refractivity contribution in [2.45, 2.75) is 56.7 Å². The lowest BCUT2D eigenvalue weighted by molar-refractivity contribution is 0.192. The van der Waals surface area contributed by atoms with Gasteiger partial charge in [-0.25, -0.2) is 22.0 Å². The Labute approximate surface area is 212 Å². The smallest absolute Gasteiger partial charge is 0.166 e. The summed E-state index contributed by atoms with van der Waals surface area (Å²) in [5, 5.41) is 9.60. The van der Waals surface area contributed by atoms with Crippen LogP contribution in [0.3, 0.4) is 0 Å². The third-order valence-electron chi connectivity index (χ3n) is 7.50. The second kappa shape index (κ2) is 10.4. The molecular weight excluding hydrogens is 487 g/mol. The van der Waals surface area contributed by atoms with E-state index >= 15 is 0 Å². The van der Waals surface area contributed by atoms with Crippen molar-refractivity contribution in [2.75, 3.05) is 6.61 Å². The van der Waals surface area contributed by atoms with E-state index in [-0.39, 0.29) is 34.6 Å². The van der Waals surface area contributed by atoms with Crippen LogP contribution in [0.5, 0.6) is 0 Å². The minimum Gasteiger partial charge on any atom is -0.389 e. The summed E-state index contributed by atoms with van der Waals surface area (Å²) in [5.74, 6) is -4.44. The number of halogens is 5. The number of aliphatic hydroxyl groups excluding tert-OH is 1. The van der Waals surface area contributed by atoms with Crippen LogP contribution in [0.1, 0.15) is 90.0 Å². The second-order valence-electron chi connectivity index (χ2n) is 9.90. The van der Waals surface area contributed by atoms with Crippen LogP contribution in [0.15, 0.2) is 42.5 Å². The van der Waals surface area contributed by atoms with Gasteiger partial charge in [0.05, 0.1) is 12.7 Å². The van der Waals surface area contributed by atoms with Crippen LogP contribution in [-0.2, 0) is 4.74 Å². The quantitative estimate of drug-likeness (QED) is 0.205. The minimum atomic E-state index is -1.09. The van der Waals surface area contributed by atoms with E-state index in [1.165, 1.54) is 49.4 Å². The van der Waals surface area contributed by atoms with Crippen molar-refractivity contribution in [3.8, 4) is 0 Å². The molecular formula is C30H27F5O2. The summed E-state index contributed by atoms with van der Waals surface area (Å²) in [4.78, 5) is 0.